The van der Waals surface area contributed by atoms with E-state index in [9.17, 15) is 9.59 Å². The fourth-order valence-corrected chi connectivity index (χ4v) is 4.51. The van der Waals surface area contributed by atoms with Crippen molar-refractivity contribution in [2.24, 2.45) is 0 Å². The van der Waals surface area contributed by atoms with E-state index in [-0.39, 0.29) is 11.7 Å². The zero-order valence-electron chi connectivity index (χ0n) is 17.8. The summed E-state index contributed by atoms with van der Waals surface area (Å²) in [4.78, 5) is 35.8. The zero-order chi connectivity index (χ0) is 22.8. The van der Waals surface area contributed by atoms with Crippen LogP contribution in [0.5, 0.6) is 0 Å². The molecule has 1 amide bonds. The van der Waals surface area contributed by atoms with Crippen molar-refractivity contribution in [1.29, 1.82) is 0 Å². The lowest BCUT2D eigenvalue weighted by atomic mass is 10.1. The third-order valence-electron chi connectivity index (χ3n) is 5.23. The molecule has 0 bridgehead atoms. The number of hydrogen-bond donors (Lipinski definition) is 1. The minimum absolute atomic E-state index is 0.127. The molecular weight excluding hydrogens is 430 g/mol. The van der Waals surface area contributed by atoms with E-state index in [0.29, 0.717) is 26.8 Å². The van der Waals surface area contributed by atoms with Crippen molar-refractivity contribution in [3.63, 3.8) is 0 Å². The maximum Gasteiger partial charge on any atom is 0.257 e. The Morgan fingerprint density at radius 1 is 0.788 bits per heavy atom. The number of pyridine rings is 1. The SMILES string of the molecule is Cc1ccc2ccc(C(=O)Nc3nc(-c4ccccc4)c(C(=O)c4ccccc4)s3)cc2n1. The molecule has 5 nitrogen and oxygen atoms in total. The molecule has 5 aromatic rings. The molecular formula is C27H19N3O2S. The molecule has 33 heavy (non-hydrogen) atoms. The van der Waals surface area contributed by atoms with Gasteiger partial charge in [0.05, 0.1) is 11.2 Å². The third kappa shape index (κ3) is 4.29. The molecule has 0 radical (unpaired) electrons. The van der Waals surface area contributed by atoms with E-state index in [1.165, 1.54) is 11.3 Å². The number of amides is 1. The van der Waals surface area contributed by atoms with E-state index >= 15 is 0 Å². The van der Waals surface area contributed by atoms with Crippen LogP contribution in [0, 0.1) is 6.92 Å². The molecule has 0 aliphatic carbocycles. The van der Waals surface area contributed by atoms with Crippen LogP contribution < -0.4 is 5.32 Å². The molecule has 0 saturated heterocycles. The number of fused-ring (bicyclic) bond motifs is 1. The summed E-state index contributed by atoms with van der Waals surface area (Å²) in [6.07, 6.45) is 0. The predicted molar refractivity (Wildman–Crippen MR) is 132 cm³/mol. The number of carbonyl (C=O) groups excluding carboxylic acids is 2. The van der Waals surface area contributed by atoms with Crippen LogP contribution in [-0.2, 0) is 0 Å². The number of nitrogens with one attached hydrogen (secondary N) is 1. The molecule has 2 aromatic heterocycles. The normalized spacial score (nSPS) is 10.8. The highest BCUT2D eigenvalue weighted by Gasteiger charge is 2.22. The van der Waals surface area contributed by atoms with Gasteiger partial charge in [0.1, 0.15) is 4.88 Å². The summed E-state index contributed by atoms with van der Waals surface area (Å²) in [7, 11) is 0. The number of anilines is 1. The molecule has 0 saturated carbocycles. The van der Waals surface area contributed by atoms with Gasteiger partial charge >= 0.3 is 0 Å². The van der Waals surface area contributed by atoms with Gasteiger partial charge in [0.25, 0.3) is 5.91 Å². The van der Waals surface area contributed by atoms with Gasteiger partial charge in [0.15, 0.2) is 5.13 Å². The molecule has 0 fully saturated rings. The lowest BCUT2D eigenvalue weighted by molar-refractivity contribution is 0.102. The van der Waals surface area contributed by atoms with E-state index in [0.717, 1.165) is 22.2 Å². The maximum absolute atomic E-state index is 13.2. The molecule has 6 heteroatoms. The van der Waals surface area contributed by atoms with Gasteiger partial charge in [-0.1, -0.05) is 84.1 Å². The Balaban J connectivity index is 1.50. The average molecular weight is 450 g/mol. The summed E-state index contributed by atoms with van der Waals surface area (Å²) in [5.41, 5.74) is 4.07. The number of rotatable bonds is 5. The predicted octanol–water partition coefficient (Wildman–Crippen LogP) is 6.15. The van der Waals surface area contributed by atoms with Crippen LogP contribution in [0.15, 0.2) is 91.0 Å². The number of aromatic nitrogens is 2. The van der Waals surface area contributed by atoms with Gasteiger partial charge in [-0.3, -0.25) is 19.9 Å². The van der Waals surface area contributed by atoms with Gasteiger partial charge in [-0.2, -0.15) is 0 Å². The number of carbonyl (C=O) groups is 2. The van der Waals surface area contributed by atoms with E-state index < -0.39 is 0 Å². The Morgan fingerprint density at radius 2 is 1.48 bits per heavy atom. The fraction of sp³-hybridized carbons (Fsp3) is 0.0370. The Kier molecular flexibility index (Phi) is 5.50. The van der Waals surface area contributed by atoms with E-state index in [4.69, 9.17) is 0 Å². The molecule has 0 spiro atoms. The van der Waals surface area contributed by atoms with Crippen LogP contribution in [0.25, 0.3) is 22.2 Å². The molecule has 160 valence electrons. The number of hydrogen-bond acceptors (Lipinski definition) is 5. The molecule has 0 unspecified atom stereocenters. The summed E-state index contributed by atoms with van der Waals surface area (Å²) in [6.45, 7) is 1.91. The summed E-state index contributed by atoms with van der Waals surface area (Å²) < 4.78 is 0. The summed E-state index contributed by atoms with van der Waals surface area (Å²) in [5, 5.41) is 4.20. The second-order valence-electron chi connectivity index (χ2n) is 7.57. The molecule has 1 N–H and O–H groups in total. The number of ketones is 1. The first-order chi connectivity index (χ1) is 16.1. The first-order valence-electron chi connectivity index (χ1n) is 10.4. The quantitative estimate of drug-likeness (QED) is 0.327. The van der Waals surface area contributed by atoms with Crippen molar-refractivity contribution in [2.45, 2.75) is 6.92 Å². The van der Waals surface area contributed by atoms with Crippen molar-refractivity contribution < 1.29 is 9.59 Å². The lowest BCUT2D eigenvalue weighted by Crippen LogP contribution is -2.11. The summed E-state index contributed by atoms with van der Waals surface area (Å²) >= 11 is 1.18. The van der Waals surface area contributed by atoms with Crippen LogP contribution in [0.2, 0.25) is 0 Å². The number of aryl methyl sites for hydroxylation is 1. The third-order valence-corrected chi connectivity index (χ3v) is 6.20. The summed E-state index contributed by atoms with van der Waals surface area (Å²) in [6, 6.07) is 27.9. The van der Waals surface area contributed by atoms with Crippen molar-refractivity contribution in [1.82, 2.24) is 9.97 Å². The minimum Gasteiger partial charge on any atom is -0.298 e. The molecule has 0 aliphatic heterocycles. The standard InChI is InChI=1S/C27H19N3O2S/c1-17-12-13-18-14-15-21(16-22(18)28-17)26(32)30-27-29-23(19-8-4-2-5-9-19)25(33-27)24(31)20-10-6-3-7-11-20/h2-16H,1H3,(H,29,30,32). The number of nitrogens with zero attached hydrogens (tertiary/aromatic N) is 2. The van der Waals surface area contributed by atoms with Crippen LogP contribution in [0.4, 0.5) is 5.13 Å². The molecule has 0 aliphatic rings. The smallest absolute Gasteiger partial charge is 0.257 e. The van der Waals surface area contributed by atoms with E-state index in [2.05, 4.69) is 15.3 Å². The molecule has 2 heterocycles. The van der Waals surface area contributed by atoms with Gasteiger partial charge in [0, 0.05) is 27.8 Å². The van der Waals surface area contributed by atoms with Crippen molar-refractivity contribution in [2.75, 3.05) is 5.32 Å². The van der Waals surface area contributed by atoms with Crippen molar-refractivity contribution >= 4 is 39.1 Å². The largest absolute Gasteiger partial charge is 0.298 e. The number of thiazole rings is 1. The Bertz CT molecular complexity index is 1480. The van der Waals surface area contributed by atoms with Gasteiger partial charge in [-0.05, 0) is 25.1 Å². The maximum atomic E-state index is 13.2. The first kappa shape index (κ1) is 20.7. The Morgan fingerprint density at radius 3 is 2.24 bits per heavy atom. The first-order valence-corrected chi connectivity index (χ1v) is 11.2. The van der Waals surface area contributed by atoms with Crippen LogP contribution >= 0.6 is 11.3 Å². The highest BCUT2D eigenvalue weighted by molar-refractivity contribution is 7.18. The van der Waals surface area contributed by atoms with E-state index in [1.54, 1.807) is 24.3 Å². The van der Waals surface area contributed by atoms with Crippen LogP contribution in [0.3, 0.4) is 0 Å². The van der Waals surface area contributed by atoms with Gasteiger partial charge < -0.3 is 0 Å². The van der Waals surface area contributed by atoms with E-state index in [1.807, 2.05) is 73.7 Å². The van der Waals surface area contributed by atoms with Crippen LogP contribution in [0.1, 0.15) is 31.3 Å². The topological polar surface area (TPSA) is 72.0 Å². The molecule has 0 atom stereocenters. The van der Waals surface area contributed by atoms with Crippen LogP contribution in [-0.4, -0.2) is 21.7 Å². The van der Waals surface area contributed by atoms with Gasteiger partial charge in [-0.25, -0.2) is 4.98 Å². The van der Waals surface area contributed by atoms with Gasteiger partial charge in [0.2, 0.25) is 5.78 Å². The average Bonchev–Trinajstić information content (AvgIpc) is 3.27. The second-order valence-corrected chi connectivity index (χ2v) is 8.57. The highest BCUT2D eigenvalue weighted by Crippen LogP contribution is 2.33. The number of benzene rings is 3. The van der Waals surface area contributed by atoms with Crippen molar-refractivity contribution in [3.05, 3.63) is 113 Å². The highest BCUT2D eigenvalue weighted by atomic mass is 32.1. The summed E-state index contributed by atoms with van der Waals surface area (Å²) in [5.74, 6) is -0.426. The zero-order valence-corrected chi connectivity index (χ0v) is 18.6. The second kappa shape index (κ2) is 8.76. The molecule has 3 aromatic carbocycles. The monoisotopic (exact) mass is 449 g/mol. The molecule has 5 rings (SSSR count). The fourth-order valence-electron chi connectivity index (χ4n) is 3.57. The van der Waals surface area contributed by atoms with Crippen molar-refractivity contribution in [3.8, 4) is 11.3 Å². The Labute approximate surface area is 194 Å². The Hall–Kier alpha value is -4.16. The lowest BCUT2D eigenvalue weighted by Gasteiger charge is -2.04. The minimum atomic E-state index is -0.299. The van der Waals surface area contributed by atoms with Gasteiger partial charge in [-0.15, -0.1) is 0 Å².